The highest BCUT2D eigenvalue weighted by Crippen LogP contribution is 2.26. The van der Waals surface area contributed by atoms with E-state index in [0.717, 1.165) is 30.8 Å². The fraction of sp³-hybridized carbons (Fsp3) is 0.588. The topological polar surface area (TPSA) is 66.9 Å². The highest BCUT2D eigenvalue weighted by Gasteiger charge is 2.27. The average molecular weight is 352 g/mol. The van der Waals surface area contributed by atoms with Gasteiger partial charge in [0.2, 0.25) is 15.9 Å². The van der Waals surface area contributed by atoms with Gasteiger partial charge in [0.05, 0.1) is 18.8 Å². The van der Waals surface area contributed by atoms with Gasteiger partial charge in [0.1, 0.15) is 5.75 Å². The molecule has 0 bridgehead atoms. The predicted molar refractivity (Wildman–Crippen MR) is 91.6 cm³/mol. The number of rotatable bonds is 4. The zero-order valence-corrected chi connectivity index (χ0v) is 14.8. The Balaban J connectivity index is 1.58. The number of hydrogen-bond donors (Lipinski definition) is 0. The lowest BCUT2D eigenvalue weighted by Crippen LogP contribution is -2.51. The Bertz CT molecular complexity index is 709. The molecular formula is C17H24N2O4S. The van der Waals surface area contributed by atoms with Crippen LogP contribution < -0.4 is 4.74 Å². The summed E-state index contributed by atoms with van der Waals surface area (Å²) in [5, 5.41) is 0. The third kappa shape index (κ3) is 3.72. The lowest BCUT2D eigenvalue weighted by Gasteiger charge is -2.34. The average Bonchev–Trinajstić information content (AvgIpc) is 2.61. The van der Waals surface area contributed by atoms with E-state index in [1.807, 2.05) is 12.1 Å². The van der Waals surface area contributed by atoms with Crippen LogP contribution in [0.4, 0.5) is 0 Å². The molecule has 0 N–H and O–H groups in total. The van der Waals surface area contributed by atoms with Gasteiger partial charge < -0.3 is 9.64 Å². The number of sulfonamides is 1. The summed E-state index contributed by atoms with van der Waals surface area (Å²) in [7, 11) is -3.16. The molecular weight excluding hydrogens is 328 g/mol. The van der Waals surface area contributed by atoms with Crippen molar-refractivity contribution in [3.05, 3.63) is 29.3 Å². The molecule has 0 unspecified atom stereocenters. The Morgan fingerprint density at radius 3 is 2.67 bits per heavy atom. The van der Waals surface area contributed by atoms with E-state index in [9.17, 15) is 13.2 Å². The van der Waals surface area contributed by atoms with Crippen LogP contribution in [0.1, 0.15) is 24.5 Å². The van der Waals surface area contributed by atoms with Crippen LogP contribution in [-0.2, 0) is 27.7 Å². The fourth-order valence-corrected chi connectivity index (χ4v) is 4.29. The number of piperazine rings is 1. The van der Waals surface area contributed by atoms with Crippen LogP contribution in [0, 0.1) is 0 Å². The van der Waals surface area contributed by atoms with Gasteiger partial charge in [0.25, 0.3) is 0 Å². The minimum Gasteiger partial charge on any atom is -0.493 e. The van der Waals surface area contributed by atoms with E-state index in [-0.39, 0.29) is 11.7 Å². The Hall–Kier alpha value is -1.60. The van der Waals surface area contributed by atoms with Gasteiger partial charge in [-0.25, -0.2) is 8.42 Å². The van der Waals surface area contributed by atoms with E-state index in [1.165, 1.54) is 9.87 Å². The Morgan fingerprint density at radius 2 is 1.96 bits per heavy atom. The first-order valence-corrected chi connectivity index (χ1v) is 10.1. The summed E-state index contributed by atoms with van der Waals surface area (Å²) >= 11 is 0. The Kier molecular flexibility index (Phi) is 5.10. The second kappa shape index (κ2) is 7.11. The van der Waals surface area contributed by atoms with E-state index in [4.69, 9.17) is 4.74 Å². The van der Waals surface area contributed by atoms with Crippen LogP contribution in [0.3, 0.4) is 0 Å². The summed E-state index contributed by atoms with van der Waals surface area (Å²) in [6, 6.07) is 5.95. The number of carbonyl (C=O) groups is 1. The number of hydrogen-bond acceptors (Lipinski definition) is 4. The largest absolute Gasteiger partial charge is 0.493 e. The quantitative estimate of drug-likeness (QED) is 0.812. The molecule has 7 heteroatoms. The molecule has 0 radical (unpaired) electrons. The summed E-state index contributed by atoms with van der Waals surface area (Å²) in [5.41, 5.74) is 2.17. The summed E-state index contributed by atoms with van der Waals surface area (Å²) in [4.78, 5) is 14.2. The number of carbonyl (C=O) groups excluding carboxylic acids is 1. The third-order valence-electron chi connectivity index (χ3n) is 4.68. The maximum absolute atomic E-state index is 12.5. The van der Waals surface area contributed by atoms with Gasteiger partial charge in [-0.05, 0) is 37.0 Å². The molecule has 0 aliphatic carbocycles. The van der Waals surface area contributed by atoms with Crippen molar-refractivity contribution < 1.29 is 17.9 Å². The Labute approximate surface area is 143 Å². The van der Waals surface area contributed by atoms with Crippen molar-refractivity contribution in [3.8, 4) is 5.75 Å². The summed E-state index contributed by atoms with van der Waals surface area (Å²) in [5.74, 6) is 1.09. The molecule has 1 saturated heterocycles. The van der Waals surface area contributed by atoms with Crippen LogP contribution in [0.5, 0.6) is 5.75 Å². The van der Waals surface area contributed by atoms with Gasteiger partial charge in [-0.1, -0.05) is 12.1 Å². The fourth-order valence-electron chi connectivity index (χ4n) is 3.21. The minimum absolute atomic E-state index is 0.0558. The molecule has 1 fully saturated rings. The van der Waals surface area contributed by atoms with Crippen molar-refractivity contribution in [3.63, 3.8) is 0 Å². The SMILES string of the molecule is CCS(=O)(=O)N1CCN(C(=O)Cc2ccc3c(c2)CCCO3)CC1. The van der Waals surface area contributed by atoms with Crippen LogP contribution in [0.2, 0.25) is 0 Å². The predicted octanol–water partition coefficient (Wildman–Crippen LogP) is 1.05. The van der Waals surface area contributed by atoms with E-state index in [2.05, 4.69) is 6.07 Å². The molecule has 3 rings (SSSR count). The van der Waals surface area contributed by atoms with Gasteiger partial charge in [-0.15, -0.1) is 0 Å². The maximum atomic E-state index is 12.5. The lowest BCUT2D eigenvalue weighted by molar-refractivity contribution is -0.131. The van der Waals surface area contributed by atoms with E-state index in [1.54, 1.807) is 11.8 Å². The van der Waals surface area contributed by atoms with Gasteiger partial charge >= 0.3 is 0 Å². The Morgan fingerprint density at radius 1 is 1.21 bits per heavy atom. The third-order valence-corrected chi connectivity index (χ3v) is 6.56. The van der Waals surface area contributed by atoms with E-state index >= 15 is 0 Å². The van der Waals surface area contributed by atoms with Crippen molar-refractivity contribution in [1.82, 2.24) is 9.21 Å². The number of ether oxygens (including phenoxy) is 1. The molecule has 132 valence electrons. The number of amides is 1. The molecule has 6 nitrogen and oxygen atoms in total. The van der Waals surface area contributed by atoms with Crippen LogP contribution in [0.25, 0.3) is 0 Å². The zero-order chi connectivity index (χ0) is 17.2. The molecule has 1 amide bonds. The van der Waals surface area contributed by atoms with Gasteiger partial charge in [0, 0.05) is 26.2 Å². The van der Waals surface area contributed by atoms with E-state index < -0.39 is 10.0 Å². The number of aryl methyl sites for hydroxylation is 1. The maximum Gasteiger partial charge on any atom is 0.227 e. The molecule has 0 aromatic heterocycles. The van der Waals surface area contributed by atoms with Crippen molar-refractivity contribution in [1.29, 1.82) is 0 Å². The molecule has 1 aromatic rings. The highest BCUT2D eigenvalue weighted by atomic mass is 32.2. The van der Waals surface area contributed by atoms with Gasteiger partial charge in [-0.3, -0.25) is 4.79 Å². The summed E-state index contributed by atoms with van der Waals surface area (Å²) in [6.07, 6.45) is 2.36. The molecule has 0 spiro atoms. The van der Waals surface area contributed by atoms with Crippen molar-refractivity contribution in [2.24, 2.45) is 0 Å². The second-order valence-corrected chi connectivity index (χ2v) is 8.51. The molecule has 24 heavy (non-hydrogen) atoms. The molecule has 2 heterocycles. The number of benzene rings is 1. The lowest BCUT2D eigenvalue weighted by atomic mass is 10.0. The summed E-state index contributed by atoms with van der Waals surface area (Å²) in [6.45, 7) is 4.11. The van der Waals surface area contributed by atoms with Crippen molar-refractivity contribution in [2.75, 3.05) is 38.5 Å². The smallest absolute Gasteiger partial charge is 0.227 e. The van der Waals surface area contributed by atoms with Crippen molar-refractivity contribution in [2.45, 2.75) is 26.2 Å². The van der Waals surface area contributed by atoms with Crippen LogP contribution in [0.15, 0.2) is 18.2 Å². The number of fused-ring (bicyclic) bond motifs is 1. The standard InChI is InChI=1S/C17H24N2O4S/c1-2-24(21,22)19-9-7-18(8-10-19)17(20)13-14-5-6-16-15(12-14)4-3-11-23-16/h5-6,12H,2-4,7-11,13H2,1H3. The second-order valence-electron chi connectivity index (χ2n) is 6.25. The first-order valence-electron chi connectivity index (χ1n) is 8.50. The first kappa shape index (κ1) is 17.2. The molecule has 0 saturated carbocycles. The van der Waals surface area contributed by atoms with Gasteiger partial charge in [0.15, 0.2) is 0 Å². The van der Waals surface area contributed by atoms with E-state index in [0.29, 0.717) is 32.6 Å². The molecule has 1 aromatic carbocycles. The van der Waals surface area contributed by atoms with Crippen molar-refractivity contribution >= 4 is 15.9 Å². The zero-order valence-electron chi connectivity index (χ0n) is 14.0. The molecule has 2 aliphatic rings. The highest BCUT2D eigenvalue weighted by molar-refractivity contribution is 7.89. The van der Waals surface area contributed by atoms with Crippen LogP contribution in [-0.4, -0.2) is 62.1 Å². The molecule has 2 aliphatic heterocycles. The monoisotopic (exact) mass is 352 g/mol. The first-order chi connectivity index (χ1) is 11.5. The van der Waals surface area contributed by atoms with Crippen LogP contribution >= 0.6 is 0 Å². The normalized spacial score (nSPS) is 18.8. The number of nitrogens with zero attached hydrogens (tertiary/aromatic N) is 2. The van der Waals surface area contributed by atoms with Gasteiger partial charge in [-0.2, -0.15) is 4.31 Å². The summed E-state index contributed by atoms with van der Waals surface area (Å²) < 4.78 is 30.8. The minimum atomic E-state index is -3.16. The molecule has 0 atom stereocenters.